The highest BCUT2D eigenvalue weighted by atomic mass is 16.5. The van der Waals surface area contributed by atoms with Crippen LogP contribution in [0.4, 0.5) is 10.5 Å². The van der Waals surface area contributed by atoms with E-state index in [2.05, 4.69) is 10.6 Å². The highest BCUT2D eigenvalue weighted by Gasteiger charge is 2.49. The lowest BCUT2D eigenvalue weighted by molar-refractivity contribution is -0.133. The molecule has 8 nitrogen and oxygen atoms in total. The minimum absolute atomic E-state index is 0.382. The van der Waals surface area contributed by atoms with Crippen molar-refractivity contribution >= 4 is 45.5 Å². The molecule has 34 heavy (non-hydrogen) atoms. The van der Waals surface area contributed by atoms with Gasteiger partial charge < -0.3 is 19.8 Å². The Balaban J connectivity index is 1.38. The zero-order valence-corrected chi connectivity index (χ0v) is 19.0. The molecule has 0 unspecified atom stereocenters. The maximum Gasteiger partial charge on any atom is 0.325 e. The number of urea groups is 1. The molecule has 8 heteroatoms. The third-order valence-electron chi connectivity index (χ3n) is 6.18. The Morgan fingerprint density at radius 1 is 1.06 bits per heavy atom. The molecule has 4 aromatic rings. The Bertz CT molecular complexity index is 1460. The number of imide groups is 1. The van der Waals surface area contributed by atoms with E-state index in [4.69, 9.17) is 9.15 Å². The van der Waals surface area contributed by atoms with E-state index < -0.39 is 29.9 Å². The fourth-order valence-corrected chi connectivity index (χ4v) is 4.27. The average Bonchev–Trinajstić information content (AvgIpc) is 3.28. The normalized spacial score (nSPS) is 17.9. The summed E-state index contributed by atoms with van der Waals surface area (Å²) in [7, 11) is 1.50. The van der Waals surface area contributed by atoms with Crippen molar-refractivity contribution in [2.75, 3.05) is 19.0 Å². The van der Waals surface area contributed by atoms with Crippen molar-refractivity contribution in [3.63, 3.8) is 0 Å². The number of fused-ring (bicyclic) bond motifs is 3. The van der Waals surface area contributed by atoms with Crippen LogP contribution in [0.3, 0.4) is 0 Å². The second kappa shape index (κ2) is 7.91. The van der Waals surface area contributed by atoms with Crippen LogP contribution in [0.5, 0.6) is 5.75 Å². The number of amides is 4. The number of nitrogens with zero attached hydrogens (tertiary/aromatic N) is 1. The molecule has 2 heterocycles. The number of nitrogens with one attached hydrogen (secondary N) is 2. The summed E-state index contributed by atoms with van der Waals surface area (Å²) in [6.45, 7) is 3.14. The van der Waals surface area contributed by atoms with Crippen molar-refractivity contribution in [1.82, 2.24) is 10.2 Å². The lowest BCUT2D eigenvalue weighted by Crippen LogP contribution is -2.42. The first-order chi connectivity index (χ1) is 16.3. The molecule has 1 aliphatic heterocycles. The minimum atomic E-state index is -1.24. The predicted molar refractivity (Wildman–Crippen MR) is 128 cm³/mol. The molecule has 1 saturated heterocycles. The summed E-state index contributed by atoms with van der Waals surface area (Å²) in [5, 5.41) is 7.25. The minimum Gasteiger partial charge on any atom is -0.495 e. The molecule has 4 amide bonds. The lowest BCUT2D eigenvalue weighted by atomic mass is 9.91. The zero-order chi connectivity index (χ0) is 24.0. The SMILES string of the molecule is COc1cc2c(cc1NC(=O)CN1C(=O)N[C@@](C)(c3ccc(C)cc3)C1=O)oc1ccccc12. The molecule has 5 rings (SSSR count). The summed E-state index contributed by atoms with van der Waals surface area (Å²) in [5.74, 6) is -0.587. The van der Waals surface area contributed by atoms with Crippen molar-refractivity contribution in [3.8, 4) is 5.75 Å². The number of anilines is 1. The summed E-state index contributed by atoms with van der Waals surface area (Å²) in [5.41, 5.74) is 2.13. The van der Waals surface area contributed by atoms with Gasteiger partial charge in [-0.2, -0.15) is 0 Å². The number of para-hydroxylation sites is 1. The number of aryl methyl sites for hydroxylation is 1. The summed E-state index contributed by atoms with van der Waals surface area (Å²) in [6.07, 6.45) is 0. The van der Waals surface area contributed by atoms with Gasteiger partial charge in [0.2, 0.25) is 5.91 Å². The molecule has 0 spiro atoms. The largest absolute Gasteiger partial charge is 0.495 e. The van der Waals surface area contributed by atoms with E-state index in [9.17, 15) is 14.4 Å². The third kappa shape index (κ3) is 3.44. The molecule has 0 saturated carbocycles. The van der Waals surface area contributed by atoms with Gasteiger partial charge in [0.05, 0.1) is 12.8 Å². The number of ether oxygens (including phenoxy) is 1. The van der Waals surface area contributed by atoms with E-state index in [-0.39, 0.29) is 0 Å². The maximum absolute atomic E-state index is 13.1. The van der Waals surface area contributed by atoms with Crippen LogP contribution in [0.25, 0.3) is 21.9 Å². The van der Waals surface area contributed by atoms with Crippen molar-refractivity contribution < 1.29 is 23.5 Å². The van der Waals surface area contributed by atoms with Crippen LogP contribution >= 0.6 is 0 Å². The van der Waals surface area contributed by atoms with Crippen LogP contribution in [0.2, 0.25) is 0 Å². The van der Waals surface area contributed by atoms with Crippen molar-refractivity contribution in [2.24, 2.45) is 0 Å². The molecule has 172 valence electrons. The van der Waals surface area contributed by atoms with Crippen LogP contribution in [0.15, 0.2) is 65.1 Å². The monoisotopic (exact) mass is 457 g/mol. The standard InChI is InChI=1S/C26H23N3O5/c1-15-8-10-16(11-9-15)26(2)24(31)29(25(32)28-26)14-23(30)27-19-13-21-18(12-22(19)33-3)17-6-4-5-7-20(17)34-21/h4-13H,14H2,1-3H3,(H,27,30)(H,28,32)/t26-/m0/s1. The van der Waals surface area contributed by atoms with Gasteiger partial charge in [-0.25, -0.2) is 4.79 Å². The number of carbonyl (C=O) groups excluding carboxylic acids is 3. The van der Waals surface area contributed by atoms with Gasteiger partial charge in [0.15, 0.2) is 0 Å². The number of hydrogen-bond acceptors (Lipinski definition) is 5. The summed E-state index contributed by atoms with van der Waals surface area (Å²) < 4.78 is 11.4. The molecule has 1 aliphatic rings. The second-order valence-corrected chi connectivity index (χ2v) is 8.51. The Morgan fingerprint density at radius 2 is 1.79 bits per heavy atom. The lowest BCUT2D eigenvalue weighted by Gasteiger charge is -2.22. The number of benzene rings is 3. The summed E-state index contributed by atoms with van der Waals surface area (Å²) in [6, 6.07) is 17.8. The van der Waals surface area contributed by atoms with Gasteiger partial charge in [-0.3, -0.25) is 14.5 Å². The van der Waals surface area contributed by atoms with E-state index in [1.807, 2.05) is 43.3 Å². The molecule has 1 atom stereocenters. The molecule has 1 fully saturated rings. The van der Waals surface area contributed by atoms with Gasteiger partial charge in [-0.05, 0) is 31.5 Å². The molecular formula is C26H23N3O5. The Hall–Kier alpha value is -4.33. The van der Waals surface area contributed by atoms with Crippen LogP contribution in [-0.4, -0.2) is 36.4 Å². The van der Waals surface area contributed by atoms with Gasteiger partial charge in [0.1, 0.15) is 29.0 Å². The smallest absolute Gasteiger partial charge is 0.325 e. The van der Waals surface area contributed by atoms with Crippen LogP contribution in [0.1, 0.15) is 18.1 Å². The van der Waals surface area contributed by atoms with Gasteiger partial charge in [0, 0.05) is 16.8 Å². The number of rotatable bonds is 5. The van der Waals surface area contributed by atoms with Crippen molar-refractivity contribution in [1.29, 1.82) is 0 Å². The van der Waals surface area contributed by atoms with E-state index in [0.29, 0.717) is 22.6 Å². The highest BCUT2D eigenvalue weighted by Crippen LogP contribution is 2.36. The van der Waals surface area contributed by atoms with Gasteiger partial charge in [0.25, 0.3) is 5.91 Å². The zero-order valence-electron chi connectivity index (χ0n) is 19.0. The van der Waals surface area contributed by atoms with Gasteiger partial charge in [-0.1, -0.05) is 48.0 Å². The first-order valence-corrected chi connectivity index (χ1v) is 10.8. The maximum atomic E-state index is 13.1. The van der Waals surface area contributed by atoms with Gasteiger partial charge in [-0.15, -0.1) is 0 Å². The third-order valence-corrected chi connectivity index (χ3v) is 6.18. The second-order valence-electron chi connectivity index (χ2n) is 8.51. The molecule has 3 aromatic carbocycles. The molecule has 0 radical (unpaired) electrons. The highest BCUT2D eigenvalue weighted by molar-refractivity contribution is 6.11. The molecule has 0 bridgehead atoms. The number of hydrogen-bond donors (Lipinski definition) is 2. The predicted octanol–water partition coefficient (Wildman–Crippen LogP) is 4.31. The van der Waals surface area contributed by atoms with E-state index in [1.54, 1.807) is 31.2 Å². The number of carbonyl (C=O) groups is 3. The summed E-state index contributed by atoms with van der Waals surface area (Å²) >= 11 is 0. The Kier molecular flexibility index (Phi) is 5.01. The van der Waals surface area contributed by atoms with Gasteiger partial charge >= 0.3 is 6.03 Å². The number of methoxy groups -OCH3 is 1. The topological polar surface area (TPSA) is 101 Å². The van der Waals surface area contributed by atoms with E-state index >= 15 is 0 Å². The fourth-order valence-electron chi connectivity index (χ4n) is 4.27. The van der Waals surface area contributed by atoms with Crippen LogP contribution < -0.4 is 15.4 Å². The van der Waals surface area contributed by atoms with E-state index in [1.165, 1.54) is 7.11 Å². The quantitative estimate of drug-likeness (QED) is 0.435. The Morgan fingerprint density at radius 3 is 2.53 bits per heavy atom. The molecule has 2 N–H and O–H groups in total. The van der Waals surface area contributed by atoms with Crippen LogP contribution in [0, 0.1) is 6.92 Å². The van der Waals surface area contributed by atoms with Crippen molar-refractivity contribution in [2.45, 2.75) is 19.4 Å². The Labute approximate surface area is 195 Å². The first kappa shape index (κ1) is 21.5. The fraction of sp³-hybridized carbons (Fsp3) is 0.192. The van der Waals surface area contributed by atoms with Crippen molar-refractivity contribution in [3.05, 3.63) is 71.8 Å². The molecule has 0 aliphatic carbocycles. The first-order valence-electron chi connectivity index (χ1n) is 10.8. The average molecular weight is 457 g/mol. The number of furan rings is 1. The van der Waals surface area contributed by atoms with E-state index in [0.717, 1.165) is 26.8 Å². The molecule has 1 aromatic heterocycles. The molecular weight excluding hydrogens is 434 g/mol. The summed E-state index contributed by atoms with van der Waals surface area (Å²) in [4.78, 5) is 39.5. The van der Waals surface area contributed by atoms with Crippen LogP contribution in [-0.2, 0) is 15.1 Å².